The van der Waals surface area contributed by atoms with E-state index in [4.69, 9.17) is 19.3 Å². The molecule has 0 saturated carbocycles. The summed E-state index contributed by atoms with van der Waals surface area (Å²) in [4.78, 5) is 25.6. The lowest BCUT2D eigenvalue weighted by atomic mass is 9.91. The van der Waals surface area contributed by atoms with E-state index in [0.29, 0.717) is 24.0 Å². The van der Waals surface area contributed by atoms with Gasteiger partial charge in [0.2, 0.25) is 5.91 Å². The maximum Gasteiger partial charge on any atom is 0.339 e. The molecule has 0 bridgehead atoms. The Hall–Kier alpha value is -2.27. The van der Waals surface area contributed by atoms with Gasteiger partial charge in [0.05, 0.1) is 12.2 Å². The zero-order chi connectivity index (χ0) is 23.0. The smallest absolute Gasteiger partial charge is 0.339 e. The van der Waals surface area contributed by atoms with Crippen molar-refractivity contribution in [3.8, 4) is 0 Å². The van der Waals surface area contributed by atoms with Crippen LogP contribution in [0.3, 0.4) is 0 Å². The summed E-state index contributed by atoms with van der Waals surface area (Å²) >= 11 is 2.10. The number of rotatable bonds is 5. The van der Waals surface area contributed by atoms with Crippen LogP contribution in [0.25, 0.3) is 0 Å². The third kappa shape index (κ3) is 4.44. The van der Waals surface area contributed by atoms with Crippen LogP contribution in [0.1, 0.15) is 27.9 Å². The van der Waals surface area contributed by atoms with Crippen LogP contribution in [0.2, 0.25) is 0 Å². The highest BCUT2D eigenvalue weighted by Crippen LogP contribution is 2.45. The number of carbonyl (C=O) groups is 2. The second-order valence-electron chi connectivity index (χ2n) is 8.50. The minimum Gasteiger partial charge on any atom is -0.455 e. The van der Waals surface area contributed by atoms with Crippen LogP contribution in [0.4, 0.5) is 0 Å². The molecule has 5 rings (SSSR count). The molecule has 7 nitrogen and oxygen atoms in total. The predicted octanol–water partition coefficient (Wildman–Crippen LogP) is 2.53. The Kier molecular flexibility index (Phi) is 6.26. The number of hydrogen-bond donors (Lipinski definition) is 2. The van der Waals surface area contributed by atoms with Crippen molar-refractivity contribution in [3.05, 3.63) is 80.4 Å². The van der Waals surface area contributed by atoms with Crippen LogP contribution in [-0.4, -0.2) is 54.2 Å². The quantitative estimate of drug-likeness (QED) is 0.431. The molecule has 2 aliphatic carbocycles. The van der Waals surface area contributed by atoms with E-state index >= 15 is 0 Å². The van der Waals surface area contributed by atoms with Gasteiger partial charge in [-0.25, -0.2) is 4.79 Å². The number of aliphatic hydroxyl groups excluding tert-OH is 1. The van der Waals surface area contributed by atoms with Gasteiger partial charge in [-0.15, -0.1) is 0 Å². The highest BCUT2D eigenvalue weighted by atomic mass is 127. The molecule has 1 saturated heterocycles. The highest BCUT2D eigenvalue weighted by Gasteiger charge is 2.55. The standard InChI is InChI=1S/C25H24INO6/c26-19-8-4-3-7-18(19)24(30)31-20-11-17(23(29)27-9-10-28)12-21-22(20)33-25(32-21)13-15-5-1-2-6-16(15)14-25/h1-8,12,20-22,28H,9-11,13-14H2,(H,27,29). The Morgan fingerprint density at radius 2 is 1.79 bits per heavy atom. The van der Waals surface area contributed by atoms with Crippen LogP contribution in [0.5, 0.6) is 0 Å². The molecule has 3 atom stereocenters. The molecule has 1 amide bonds. The average Bonchev–Trinajstić information content (AvgIpc) is 3.35. The first-order chi connectivity index (χ1) is 16.0. The molecule has 2 aromatic rings. The number of benzene rings is 2. The average molecular weight is 561 g/mol. The summed E-state index contributed by atoms with van der Waals surface area (Å²) in [6.45, 7) is -0.00947. The molecular weight excluding hydrogens is 537 g/mol. The van der Waals surface area contributed by atoms with E-state index in [9.17, 15) is 9.59 Å². The number of hydrogen-bond acceptors (Lipinski definition) is 6. The molecule has 0 radical (unpaired) electrons. The van der Waals surface area contributed by atoms with E-state index in [1.54, 1.807) is 18.2 Å². The van der Waals surface area contributed by atoms with Crippen molar-refractivity contribution < 1.29 is 28.9 Å². The molecule has 3 aliphatic rings. The fourth-order valence-corrected chi connectivity index (χ4v) is 5.38. The van der Waals surface area contributed by atoms with Gasteiger partial charge in [0, 0.05) is 35.0 Å². The fraction of sp³-hybridized carbons (Fsp3) is 0.360. The molecule has 1 spiro atoms. The topological polar surface area (TPSA) is 94.1 Å². The van der Waals surface area contributed by atoms with E-state index in [2.05, 4.69) is 40.0 Å². The summed E-state index contributed by atoms with van der Waals surface area (Å²) in [6.07, 6.45) is 1.47. The van der Waals surface area contributed by atoms with Crippen molar-refractivity contribution in [1.29, 1.82) is 0 Å². The lowest BCUT2D eigenvalue weighted by molar-refractivity contribution is -0.172. The van der Waals surface area contributed by atoms with E-state index in [1.165, 1.54) is 11.1 Å². The van der Waals surface area contributed by atoms with Gasteiger partial charge in [0.1, 0.15) is 18.3 Å². The van der Waals surface area contributed by atoms with Crippen LogP contribution in [0, 0.1) is 3.57 Å². The van der Waals surface area contributed by atoms with Crippen molar-refractivity contribution in [2.75, 3.05) is 13.2 Å². The minimum absolute atomic E-state index is 0.146. The van der Waals surface area contributed by atoms with Gasteiger partial charge >= 0.3 is 5.97 Å². The Balaban J connectivity index is 1.41. The number of fused-ring (bicyclic) bond motifs is 2. The van der Waals surface area contributed by atoms with Gasteiger partial charge < -0.3 is 24.6 Å². The number of ether oxygens (including phenoxy) is 3. The molecule has 172 valence electrons. The molecule has 8 heteroatoms. The Labute approximate surface area is 205 Å². The van der Waals surface area contributed by atoms with E-state index in [0.717, 1.165) is 3.57 Å². The van der Waals surface area contributed by atoms with Crippen molar-refractivity contribution >= 4 is 34.5 Å². The number of amides is 1. The number of carbonyl (C=O) groups excluding carboxylic acids is 2. The molecule has 1 heterocycles. The van der Waals surface area contributed by atoms with Gasteiger partial charge in [0.15, 0.2) is 5.79 Å². The van der Waals surface area contributed by atoms with E-state index in [-0.39, 0.29) is 25.5 Å². The maximum absolute atomic E-state index is 13.0. The second kappa shape index (κ2) is 9.17. The first-order valence-electron chi connectivity index (χ1n) is 11.0. The van der Waals surface area contributed by atoms with E-state index in [1.807, 2.05) is 24.3 Å². The van der Waals surface area contributed by atoms with Gasteiger partial charge in [-0.3, -0.25) is 4.79 Å². The number of halogens is 1. The highest BCUT2D eigenvalue weighted by molar-refractivity contribution is 14.1. The Morgan fingerprint density at radius 1 is 1.09 bits per heavy atom. The molecule has 33 heavy (non-hydrogen) atoms. The zero-order valence-corrected chi connectivity index (χ0v) is 20.0. The first-order valence-corrected chi connectivity index (χ1v) is 12.0. The monoisotopic (exact) mass is 561 g/mol. The van der Waals surface area contributed by atoms with Crippen molar-refractivity contribution in [1.82, 2.24) is 5.32 Å². The third-order valence-corrected chi connectivity index (χ3v) is 7.20. The largest absolute Gasteiger partial charge is 0.455 e. The van der Waals surface area contributed by atoms with Crippen molar-refractivity contribution in [2.45, 2.75) is 43.4 Å². The molecule has 1 aliphatic heterocycles. The van der Waals surface area contributed by atoms with Crippen LogP contribution < -0.4 is 5.32 Å². The lowest BCUT2D eigenvalue weighted by Gasteiger charge is -2.30. The predicted molar refractivity (Wildman–Crippen MR) is 127 cm³/mol. The summed E-state index contributed by atoms with van der Waals surface area (Å²) in [5.74, 6) is -1.60. The Bertz CT molecular complexity index is 1090. The Morgan fingerprint density at radius 3 is 2.48 bits per heavy atom. The molecule has 2 N–H and O–H groups in total. The molecular formula is C25H24INO6. The summed E-state index contributed by atoms with van der Waals surface area (Å²) in [5.41, 5.74) is 3.28. The zero-order valence-electron chi connectivity index (χ0n) is 17.8. The first kappa shape index (κ1) is 22.5. The van der Waals surface area contributed by atoms with Crippen LogP contribution in [0.15, 0.2) is 60.2 Å². The van der Waals surface area contributed by atoms with Gasteiger partial charge in [-0.05, 0) is 51.9 Å². The number of aliphatic hydroxyl groups is 1. The number of esters is 1. The van der Waals surface area contributed by atoms with Crippen molar-refractivity contribution in [3.63, 3.8) is 0 Å². The summed E-state index contributed by atoms with van der Waals surface area (Å²) in [5, 5.41) is 11.7. The second-order valence-corrected chi connectivity index (χ2v) is 9.66. The maximum atomic E-state index is 13.0. The third-order valence-electron chi connectivity index (χ3n) is 6.26. The lowest BCUT2D eigenvalue weighted by Crippen LogP contribution is -2.44. The van der Waals surface area contributed by atoms with Crippen LogP contribution in [-0.2, 0) is 31.8 Å². The summed E-state index contributed by atoms with van der Waals surface area (Å²) in [7, 11) is 0. The summed E-state index contributed by atoms with van der Waals surface area (Å²) < 4.78 is 19.6. The number of nitrogens with one attached hydrogen (secondary N) is 1. The molecule has 2 aromatic carbocycles. The van der Waals surface area contributed by atoms with Crippen LogP contribution >= 0.6 is 22.6 Å². The molecule has 3 unspecified atom stereocenters. The van der Waals surface area contributed by atoms with E-state index < -0.39 is 30.1 Å². The van der Waals surface area contributed by atoms with Gasteiger partial charge in [-0.2, -0.15) is 0 Å². The molecule has 0 aromatic heterocycles. The minimum atomic E-state index is -0.835. The SMILES string of the molecule is O=C(NCCO)C1=CC2OC3(Cc4ccccc4C3)OC2C(OC(=O)c2ccccc2I)C1. The van der Waals surface area contributed by atoms with Gasteiger partial charge in [0.25, 0.3) is 0 Å². The van der Waals surface area contributed by atoms with Crippen molar-refractivity contribution in [2.24, 2.45) is 0 Å². The fourth-order valence-electron chi connectivity index (χ4n) is 4.77. The normalized spacial score (nSPS) is 24.7. The van der Waals surface area contributed by atoms with Gasteiger partial charge in [-0.1, -0.05) is 36.4 Å². The summed E-state index contributed by atoms with van der Waals surface area (Å²) in [6, 6.07) is 15.3. The molecule has 1 fully saturated rings.